The molecular formula is C17H13Cl2N3OS. The van der Waals surface area contributed by atoms with Gasteiger partial charge in [-0.15, -0.1) is 10.2 Å². The van der Waals surface area contributed by atoms with Gasteiger partial charge in [0, 0.05) is 16.5 Å². The number of nitrogens with one attached hydrogen (secondary N) is 1. The number of rotatable bonds is 5. The largest absolute Gasteiger partial charge is 0.300 e. The smallest absolute Gasteiger partial charge is 0.230 e. The summed E-state index contributed by atoms with van der Waals surface area (Å²) in [5, 5.41) is 13.3. The fourth-order valence-corrected chi connectivity index (χ4v) is 3.40. The van der Waals surface area contributed by atoms with E-state index in [2.05, 4.69) is 15.5 Å². The van der Waals surface area contributed by atoms with E-state index in [0.29, 0.717) is 28.0 Å². The first-order chi connectivity index (χ1) is 11.6. The van der Waals surface area contributed by atoms with Gasteiger partial charge in [0.1, 0.15) is 5.01 Å². The Kier molecular flexibility index (Phi) is 5.45. The summed E-state index contributed by atoms with van der Waals surface area (Å²) in [6.07, 6.45) is 0.848. The highest BCUT2D eigenvalue weighted by Crippen LogP contribution is 2.25. The van der Waals surface area contributed by atoms with Gasteiger partial charge < -0.3 is 5.32 Å². The second-order valence-electron chi connectivity index (χ2n) is 5.12. The number of amides is 1. The summed E-state index contributed by atoms with van der Waals surface area (Å²) < 4.78 is 0. The van der Waals surface area contributed by atoms with Crippen LogP contribution in [0.1, 0.15) is 16.1 Å². The number of nitrogens with zero attached hydrogens (tertiary/aromatic N) is 2. The van der Waals surface area contributed by atoms with Crippen LogP contribution in [-0.4, -0.2) is 16.1 Å². The number of anilines is 1. The lowest BCUT2D eigenvalue weighted by Crippen LogP contribution is -2.14. The number of halogens is 2. The molecule has 0 aliphatic heterocycles. The van der Waals surface area contributed by atoms with Gasteiger partial charge in [-0.1, -0.05) is 70.9 Å². The van der Waals surface area contributed by atoms with Crippen molar-refractivity contribution >= 4 is 45.6 Å². The van der Waals surface area contributed by atoms with Gasteiger partial charge in [-0.2, -0.15) is 0 Å². The predicted molar refractivity (Wildman–Crippen MR) is 98.0 cm³/mol. The van der Waals surface area contributed by atoms with Crippen molar-refractivity contribution in [2.24, 2.45) is 0 Å². The number of hydrogen-bond acceptors (Lipinski definition) is 4. The molecule has 0 aliphatic rings. The lowest BCUT2D eigenvalue weighted by Gasteiger charge is -2.02. The zero-order valence-corrected chi connectivity index (χ0v) is 14.8. The highest BCUT2D eigenvalue weighted by Gasteiger charge is 2.11. The van der Waals surface area contributed by atoms with Gasteiger partial charge >= 0.3 is 0 Å². The Labute approximate surface area is 153 Å². The van der Waals surface area contributed by atoms with Crippen LogP contribution in [-0.2, 0) is 17.6 Å². The maximum Gasteiger partial charge on any atom is 0.230 e. The molecule has 24 heavy (non-hydrogen) atoms. The van der Waals surface area contributed by atoms with E-state index in [0.717, 1.165) is 16.1 Å². The minimum atomic E-state index is -0.117. The molecule has 0 fully saturated rings. The van der Waals surface area contributed by atoms with E-state index in [-0.39, 0.29) is 5.91 Å². The monoisotopic (exact) mass is 377 g/mol. The molecule has 4 nitrogen and oxygen atoms in total. The van der Waals surface area contributed by atoms with Crippen molar-refractivity contribution in [2.45, 2.75) is 12.8 Å². The number of aromatic nitrogens is 2. The average molecular weight is 378 g/mol. The van der Waals surface area contributed by atoms with Gasteiger partial charge in [0.2, 0.25) is 11.0 Å². The molecule has 0 saturated carbocycles. The van der Waals surface area contributed by atoms with Gasteiger partial charge in [-0.05, 0) is 23.3 Å². The first-order valence-corrected chi connectivity index (χ1v) is 8.77. The molecule has 0 aliphatic carbocycles. The molecule has 0 unspecified atom stereocenters. The molecule has 2 aromatic carbocycles. The van der Waals surface area contributed by atoms with Gasteiger partial charge in [0.15, 0.2) is 0 Å². The molecule has 1 aromatic heterocycles. The Balaban J connectivity index is 1.62. The van der Waals surface area contributed by atoms with Crippen LogP contribution in [0.4, 0.5) is 5.13 Å². The van der Waals surface area contributed by atoms with Crippen LogP contribution in [0.5, 0.6) is 0 Å². The Morgan fingerprint density at radius 1 is 1.08 bits per heavy atom. The summed E-state index contributed by atoms with van der Waals surface area (Å²) in [5.41, 5.74) is 1.87. The maximum absolute atomic E-state index is 12.0. The fourth-order valence-electron chi connectivity index (χ4n) is 2.15. The zero-order chi connectivity index (χ0) is 16.9. The molecule has 0 bridgehead atoms. The summed E-state index contributed by atoms with van der Waals surface area (Å²) in [6, 6.07) is 14.9. The molecule has 0 saturated heterocycles. The molecule has 122 valence electrons. The molecule has 0 atom stereocenters. The molecule has 7 heteroatoms. The van der Waals surface area contributed by atoms with Crippen LogP contribution in [0.25, 0.3) is 0 Å². The first kappa shape index (κ1) is 16.9. The van der Waals surface area contributed by atoms with Crippen LogP contribution in [0.3, 0.4) is 0 Å². The van der Waals surface area contributed by atoms with E-state index >= 15 is 0 Å². The van der Waals surface area contributed by atoms with E-state index in [9.17, 15) is 4.79 Å². The standard InChI is InChI=1S/C17H13Cl2N3OS/c18-13-7-6-12(14(19)10-13)9-16-21-22-17(24-16)20-15(23)8-11-4-2-1-3-5-11/h1-7,10H,8-9H2,(H,20,22,23). The minimum absolute atomic E-state index is 0.117. The number of hydrogen-bond donors (Lipinski definition) is 1. The Morgan fingerprint density at radius 3 is 2.62 bits per heavy atom. The van der Waals surface area contributed by atoms with Crippen molar-refractivity contribution < 1.29 is 4.79 Å². The fraction of sp³-hybridized carbons (Fsp3) is 0.118. The summed E-state index contributed by atoms with van der Waals surface area (Å²) in [4.78, 5) is 12.0. The lowest BCUT2D eigenvalue weighted by atomic mass is 10.1. The maximum atomic E-state index is 12.0. The lowest BCUT2D eigenvalue weighted by molar-refractivity contribution is -0.115. The second kappa shape index (κ2) is 7.75. The summed E-state index contributed by atoms with van der Waals surface area (Å²) in [5.74, 6) is -0.117. The topological polar surface area (TPSA) is 54.9 Å². The number of benzene rings is 2. The highest BCUT2D eigenvalue weighted by atomic mass is 35.5. The van der Waals surface area contributed by atoms with E-state index in [1.165, 1.54) is 11.3 Å². The Bertz CT molecular complexity index is 852. The van der Waals surface area contributed by atoms with Crippen LogP contribution in [0.2, 0.25) is 10.0 Å². The Hall–Kier alpha value is -1.95. The SMILES string of the molecule is O=C(Cc1ccccc1)Nc1nnc(Cc2ccc(Cl)cc2Cl)s1. The van der Waals surface area contributed by atoms with Crippen molar-refractivity contribution in [1.82, 2.24) is 10.2 Å². The van der Waals surface area contributed by atoms with Crippen molar-refractivity contribution in [3.8, 4) is 0 Å². The quantitative estimate of drug-likeness (QED) is 0.705. The van der Waals surface area contributed by atoms with E-state index in [4.69, 9.17) is 23.2 Å². The van der Waals surface area contributed by atoms with Crippen molar-refractivity contribution in [2.75, 3.05) is 5.32 Å². The van der Waals surface area contributed by atoms with Crippen LogP contribution in [0.15, 0.2) is 48.5 Å². The van der Waals surface area contributed by atoms with Gasteiger partial charge in [0.25, 0.3) is 0 Å². The summed E-state index contributed by atoms with van der Waals surface area (Å²) in [7, 11) is 0. The van der Waals surface area contributed by atoms with Crippen LogP contribution >= 0.6 is 34.5 Å². The minimum Gasteiger partial charge on any atom is -0.300 e. The number of carbonyl (C=O) groups excluding carboxylic acids is 1. The zero-order valence-electron chi connectivity index (χ0n) is 12.5. The van der Waals surface area contributed by atoms with Crippen molar-refractivity contribution in [3.63, 3.8) is 0 Å². The second-order valence-corrected chi connectivity index (χ2v) is 7.03. The third-order valence-corrected chi connectivity index (χ3v) is 4.70. The van der Waals surface area contributed by atoms with E-state index in [1.54, 1.807) is 12.1 Å². The third kappa shape index (κ3) is 4.54. The van der Waals surface area contributed by atoms with Crippen LogP contribution < -0.4 is 5.32 Å². The first-order valence-electron chi connectivity index (χ1n) is 7.20. The molecule has 1 heterocycles. The molecular weight excluding hydrogens is 365 g/mol. The third-order valence-electron chi connectivity index (χ3n) is 3.28. The summed E-state index contributed by atoms with van der Waals surface area (Å²) >= 11 is 13.4. The Morgan fingerprint density at radius 2 is 1.88 bits per heavy atom. The molecule has 0 radical (unpaired) electrons. The summed E-state index contributed by atoms with van der Waals surface area (Å²) in [6.45, 7) is 0. The average Bonchev–Trinajstić information content (AvgIpc) is 2.98. The molecule has 3 aromatic rings. The van der Waals surface area contributed by atoms with Crippen LogP contribution in [0, 0.1) is 0 Å². The van der Waals surface area contributed by atoms with Crippen molar-refractivity contribution in [3.05, 3.63) is 74.7 Å². The predicted octanol–water partition coefficient (Wildman–Crippen LogP) is 4.62. The molecule has 3 rings (SSSR count). The molecule has 1 amide bonds. The van der Waals surface area contributed by atoms with E-state index < -0.39 is 0 Å². The highest BCUT2D eigenvalue weighted by molar-refractivity contribution is 7.15. The molecule has 0 spiro atoms. The van der Waals surface area contributed by atoms with Gasteiger partial charge in [-0.3, -0.25) is 4.79 Å². The van der Waals surface area contributed by atoms with Crippen molar-refractivity contribution in [1.29, 1.82) is 0 Å². The molecule has 1 N–H and O–H groups in total. The number of carbonyl (C=O) groups is 1. The van der Waals surface area contributed by atoms with E-state index in [1.807, 2.05) is 36.4 Å². The van der Waals surface area contributed by atoms with Gasteiger partial charge in [0.05, 0.1) is 6.42 Å². The normalized spacial score (nSPS) is 10.6. The van der Waals surface area contributed by atoms with Gasteiger partial charge in [-0.25, -0.2) is 0 Å².